The highest BCUT2D eigenvalue weighted by molar-refractivity contribution is 5.85. The van der Waals surface area contributed by atoms with E-state index in [4.69, 9.17) is 0 Å². The Bertz CT molecular complexity index is 707. The molecule has 3 rings (SSSR count). The lowest BCUT2D eigenvalue weighted by atomic mass is 10.1. The summed E-state index contributed by atoms with van der Waals surface area (Å²) in [6, 6.07) is 6.13. The number of aromatic nitrogens is 2. The Balaban J connectivity index is 0.00000192. The van der Waals surface area contributed by atoms with Gasteiger partial charge >= 0.3 is 0 Å². The minimum Gasteiger partial charge on any atom is -0.317 e. The van der Waals surface area contributed by atoms with Crippen molar-refractivity contribution in [2.24, 2.45) is 0 Å². The summed E-state index contributed by atoms with van der Waals surface area (Å²) in [6.07, 6.45) is 5.41. The number of aryl methyl sites for hydroxylation is 1. The number of rotatable bonds is 3. The topological polar surface area (TPSA) is 49.6 Å². The Hall–Kier alpha value is -1.43. The number of nitrogens with zero attached hydrogens (tertiary/aromatic N) is 3. The molecule has 0 aromatic carbocycles. The van der Waals surface area contributed by atoms with Gasteiger partial charge in [-0.25, -0.2) is 4.98 Å². The predicted molar refractivity (Wildman–Crippen MR) is 95.4 cm³/mol. The van der Waals surface area contributed by atoms with Crippen LogP contribution in [0.4, 0.5) is 0 Å². The molecule has 6 heteroatoms. The predicted octanol–water partition coefficient (Wildman–Crippen LogP) is 2.00. The molecule has 0 saturated carbocycles. The quantitative estimate of drug-likeness (QED) is 0.931. The summed E-state index contributed by atoms with van der Waals surface area (Å²) < 4.78 is 1.62. The molecule has 126 valence electrons. The van der Waals surface area contributed by atoms with Gasteiger partial charge in [-0.3, -0.25) is 14.1 Å². The Morgan fingerprint density at radius 2 is 2.17 bits per heavy atom. The maximum absolute atomic E-state index is 12.3. The van der Waals surface area contributed by atoms with Crippen LogP contribution in [0.2, 0.25) is 0 Å². The molecular formula is C17H25ClN4O. The van der Waals surface area contributed by atoms with Crippen LogP contribution in [0.25, 0.3) is 5.65 Å². The second kappa shape index (κ2) is 7.90. The Labute approximate surface area is 143 Å². The first-order valence-electron chi connectivity index (χ1n) is 8.03. The summed E-state index contributed by atoms with van der Waals surface area (Å²) >= 11 is 0. The number of nitrogens with one attached hydrogen (secondary N) is 1. The van der Waals surface area contributed by atoms with Crippen molar-refractivity contribution in [1.29, 1.82) is 0 Å². The minimum absolute atomic E-state index is 0. The number of hydrogen-bond donors (Lipinski definition) is 1. The van der Waals surface area contributed by atoms with Gasteiger partial charge in [0.05, 0.1) is 5.69 Å². The molecule has 1 unspecified atom stereocenters. The minimum atomic E-state index is -0.000340. The van der Waals surface area contributed by atoms with Gasteiger partial charge in [0.2, 0.25) is 0 Å². The molecule has 0 bridgehead atoms. The van der Waals surface area contributed by atoms with Crippen molar-refractivity contribution >= 4 is 18.1 Å². The molecule has 0 spiro atoms. The van der Waals surface area contributed by atoms with Crippen LogP contribution in [0.15, 0.2) is 29.2 Å². The van der Waals surface area contributed by atoms with Gasteiger partial charge in [0, 0.05) is 24.8 Å². The van der Waals surface area contributed by atoms with Crippen LogP contribution in [0.1, 0.15) is 30.5 Å². The van der Waals surface area contributed by atoms with E-state index in [9.17, 15) is 4.79 Å². The lowest BCUT2D eigenvalue weighted by Crippen LogP contribution is -2.33. The molecule has 3 heterocycles. The maximum atomic E-state index is 12.3. The lowest BCUT2D eigenvalue weighted by Gasteiger charge is -2.26. The third-order valence-corrected chi connectivity index (χ3v) is 4.44. The number of halogens is 1. The lowest BCUT2D eigenvalue weighted by molar-refractivity contribution is 0.214. The first-order valence-corrected chi connectivity index (χ1v) is 8.03. The summed E-state index contributed by atoms with van der Waals surface area (Å²) in [5.74, 6) is 0. The maximum Gasteiger partial charge on any atom is 0.258 e. The van der Waals surface area contributed by atoms with Crippen LogP contribution in [0, 0.1) is 6.92 Å². The highest BCUT2D eigenvalue weighted by Crippen LogP contribution is 2.14. The van der Waals surface area contributed by atoms with Crippen molar-refractivity contribution in [3.63, 3.8) is 0 Å². The van der Waals surface area contributed by atoms with E-state index in [-0.39, 0.29) is 18.0 Å². The highest BCUT2D eigenvalue weighted by Gasteiger charge is 2.17. The first kappa shape index (κ1) is 17.9. The molecule has 0 amide bonds. The summed E-state index contributed by atoms with van der Waals surface area (Å²) in [4.78, 5) is 19.2. The molecule has 2 aromatic heterocycles. The van der Waals surface area contributed by atoms with Gasteiger partial charge in [-0.1, -0.05) is 6.07 Å². The van der Waals surface area contributed by atoms with E-state index in [0.29, 0.717) is 6.04 Å². The summed E-state index contributed by atoms with van der Waals surface area (Å²) in [5, 5.41) is 3.44. The molecule has 0 aliphatic carbocycles. The van der Waals surface area contributed by atoms with E-state index in [0.717, 1.165) is 43.0 Å². The van der Waals surface area contributed by atoms with Gasteiger partial charge in [-0.15, -0.1) is 12.4 Å². The molecule has 0 radical (unpaired) electrons. The van der Waals surface area contributed by atoms with Crippen LogP contribution in [0.5, 0.6) is 0 Å². The molecule has 1 aliphatic heterocycles. The Kier molecular flexibility index (Phi) is 6.16. The van der Waals surface area contributed by atoms with E-state index < -0.39 is 0 Å². The smallest absolute Gasteiger partial charge is 0.258 e. The molecule has 23 heavy (non-hydrogen) atoms. The van der Waals surface area contributed by atoms with Crippen LogP contribution in [-0.4, -0.2) is 40.5 Å². The van der Waals surface area contributed by atoms with E-state index in [1.165, 1.54) is 12.8 Å². The van der Waals surface area contributed by atoms with Crippen molar-refractivity contribution in [2.75, 3.05) is 20.1 Å². The molecule has 1 saturated heterocycles. The van der Waals surface area contributed by atoms with Crippen molar-refractivity contribution in [2.45, 2.75) is 38.8 Å². The molecule has 1 atom stereocenters. The zero-order valence-corrected chi connectivity index (χ0v) is 14.6. The van der Waals surface area contributed by atoms with Crippen LogP contribution >= 0.6 is 12.4 Å². The number of hydrogen-bond acceptors (Lipinski definition) is 4. The zero-order chi connectivity index (χ0) is 15.5. The molecule has 1 aliphatic rings. The monoisotopic (exact) mass is 336 g/mol. The van der Waals surface area contributed by atoms with Gasteiger partial charge in [-0.2, -0.15) is 0 Å². The van der Waals surface area contributed by atoms with E-state index in [1.807, 2.05) is 25.3 Å². The van der Waals surface area contributed by atoms with E-state index in [1.54, 1.807) is 10.5 Å². The third-order valence-electron chi connectivity index (χ3n) is 4.44. The average molecular weight is 337 g/mol. The largest absolute Gasteiger partial charge is 0.317 e. The van der Waals surface area contributed by atoms with Gasteiger partial charge in [0.25, 0.3) is 5.56 Å². The van der Waals surface area contributed by atoms with Crippen LogP contribution in [0.3, 0.4) is 0 Å². The number of fused-ring (bicyclic) bond motifs is 1. The molecular weight excluding hydrogens is 312 g/mol. The molecule has 2 aromatic rings. The second-order valence-corrected chi connectivity index (χ2v) is 6.27. The van der Waals surface area contributed by atoms with Crippen LogP contribution < -0.4 is 10.9 Å². The fourth-order valence-corrected chi connectivity index (χ4v) is 3.17. The van der Waals surface area contributed by atoms with Crippen molar-refractivity contribution in [3.8, 4) is 0 Å². The fraction of sp³-hybridized carbons (Fsp3) is 0.529. The summed E-state index contributed by atoms with van der Waals surface area (Å²) in [7, 11) is 2.13. The van der Waals surface area contributed by atoms with Crippen molar-refractivity contribution in [1.82, 2.24) is 19.6 Å². The third kappa shape index (κ3) is 4.31. The Morgan fingerprint density at radius 3 is 3.00 bits per heavy atom. The van der Waals surface area contributed by atoms with Gasteiger partial charge in [-0.05, 0) is 58.0 Å². The van der Waals surface area contributed by atoms with Crippen LogP contribution in [-0.2, 0) is 6.54 Å². The summed E-state index contributed by atoms with van der Waals surface area (Å²) in [6.45, 7) is 4.89. The van der Waals surface area contributed by atoms with Gasteiger partial charge in [0.1, 0.15) is 5.65 Å². The van der Waals surface area contributed by atoms with E-state index >= 15 is 0 Å². The SMILES string of the molecule is Cc1ccc2nc(CN(C)C3CCCNCC3)cc(=O)n2c1.Cl. The molecule has 5 nitrogen and oxygen atoms in total. The molecule has 1 fully saturated rings. The number of pyridine rings is 1. The molecule has 1 N–H and O–H groups in total. The average Bonchev–Trinajstić information content (AvgIpc) is 2.77. The fourth-order valence-electron chi connectivity index (χ4n) is 3.17. The summed E-state index contributed by atoms with van der Waals surface area (Å²) in [5.41, 5.74) is 2.64. The highest BCUT2D eigenvalue weighted by atomic mass is 35.5. The van der Waals surface area contributed by atoms with Crippen molar-refractivity contribution < 1.29 is 0 Å². The van der Waals surface area contributed by atoms with Gasteiger partial charge in [0.15, 0.2) is 0 Å². The zero-order valence-electron chi connectivity index (χ0n) is 13.8. The van der Waals surface area contributed by atoms with Crippen molar-refractivity contribution in [3.05, 3.63) is 46.0 Å². The first-order chi connectivity index (χ1) is 10.6. The van der Waals surface area contributed by atoms with E-state index in [2.05, 4.69) is 22.2 Å². The second-order valence-electron chi connectivity index (χ2n) is 6.27. The van der Waals surface area contributed by atoms with Gasteiger partial charge < -0.3 is 5.32 Å². The Morgan fingerprint density at radius 1 is 1.35 bits per heavy atom. The standard InChI is InChI=1S/C17H24N4O.ClH/c1-13-5-6-16-19-14(10-17(22)21(16)11-13)12-20(2)15-4-3-8-18-9-7-15;/h5-6,10-11,15,18H,3-4,7-9,12H2,1-2H3;1H. The normalized spacial score (nSPS) is 18.7.